The molecule has 2 rings (SSSR count). The Morgan fingerprint density at radius 2 is 1.67 bits per heavy atom. The molecule has 0 aliphatic carbocycles. The molecule has 0 aliphatic rings. The lowest BCUT2D eigenvalue weighted by Gasteiger charge is -2.17. The van der Waals surface area contributed by atoms with E-state index in [1.807, 2.05) is 30.3 Å². The van der Waals surface area contributed by atoms with Crippen LogP contribution in [0, 0.1) is 5.82 Å². The molecule has 0 aromatic heterocycles. The van der Waals surface area contributed by atoms with Crippen LogP contribution in [-0.4, -0.2) is 17.7 Å². The number of hydrogen-bond acceptors (Lipinski definition) is 2. The lowest BCUT2D eigenvalue weighted by molar-refractivity contribution is -0.119. The number of hydrogen-bond donors (Lipinski definition) is 1. The Bertz CT molecular complexity index is 623. The molecule has 1 atom stereocenters. The lowest BCUT2D eigenvalue weighted by Crippen LogP contribution is -2.41. The van der Waals surface area contributed by atoms with E-state index in [2.05, 4.69) is 5.32 Å². The van der Waals surface area contributed by atoms with Gasteiger partial charge in [-0.15, -0.1) is 0 Å². The number of benzene rings is 2. The summed E-state index contributed by atoms with van der Waals surface area (Å²) in [5.74, 6) is -0.897. The molecular weight excluding hydrogens is 269 g/mol. The molecule has 0 saturated heterocycles. The lowest BCUT2D eigenvalue weighted by atomic mass is 9.97. The molecule has 1 amide bonds. The van der Waals surface area contributed by atoms with Crippen molar-refractivity contribution in [1.82, 2.24) is 5.32 Å². The van der Waals surface area contributed by atoms with Crippen LogP contribution in [0.4, 0.5) is 4.39 Å². The van der Waals surface area contributed by atoms with Gasteiger partial charge in [0.05, 0.1) is 6.04 Å². The van der Waals surface area contributed by atoms with E-state index in [1.165, 1.54) is 31.2 Å². The van der Waals surface area contributed by atoms with E-state index in [0.717, 1.165) is 5.56 Å². The van der Waals surface area contributed by atoms with Gasteiger partial charge in [-0.3, -0.25) is 9.59 Å². The summed E-state index contributed by atoms with van der Waals surface area (Å²) in [6.07, 6.45) is 0.399. The predicted molar refractivity (Wildman–Crippen MR) is 78.5 cm³/mol. The first kappa shape index (κ1) is 14.9. The van der Waals surface area contributed by atoms with Gasteiger partial charge in [-0.25, -0.2) is 4.39 Å². The Labute approximate surface area is 122 Å². The SMILES string of the molecule is CC(=O)NC(Cc1ccccc1)C(=O)c1ccc(F)cc1. The summed E-state index contributed by atoms with van der Waals surface area (Å²) in [5, 5.41) is 2.66. The molecule has 0 spiro atoms. The van der Waals surface area contributed by atoms with Crippen LogP contribution in [-0.2, 0) is 11.2 Å². The largest absolute Gasteiger partial charge is 0.346 e. The van der Waals surface area contributed by atoms with Crippen LogP contribution in [0.15, 0.2) is 54.6 Å². The summed E-state index contributed by atoms with van der Waals surface area (Å²) in [5.41, 5.74) is 1.33. The highest BCUT2D eigenvalue weighted by atomic mass is 19.1. The molecule has 2 aromatic carbocycles. The average Bonchev–Trinajstić information content (AvgIpc) is 2.47. The third-order valence-electron chi connectivity index (χ3n) is 3.11. The molecule has 2 aromatic rings. The first-order valence-electron chi connectivity index (χ1n) is 6.67. The second-order valence-electron chi connectivity index (χ2n) is 4.81. The molecule has 0 saturated carbocycles. The van der Waals surface area contributed by atoms with Gasteiger partial charge in [-0.2, -0.15) is 0 Å². The zero-order valence-electron chi connectivity index (χ0n) is 11.7. The van der Waals surface area contributed by atoms with E-state index in [0.29, 0.717) is 12.0 Å². The van der Waals surface area contributed by atoms with Gasteiger partial charge < -0.3 is 5.32 Å². The summed E-state index contributed by atoms with van der Waals surface area (Å²) in [6.45, 7) is 1.37. The molecule has 0 heterocycles. The number of carbonyl (C=O) groups excluding carboxylic acids is 2. The van der Waals surface area contributed by atoms with Crippen molar-refractivity contribution >= 4 is 11.7 Å². The molecule has 0 aliphatic heterocycles. The summed E-state index contributed by atoms with van der Waals surface area (Å²) < 4.78 is 12.9. The van der Waals surface area contributed by atoms with E-state index in [1.54, 1.807) is 0 Å². The Morgan fingerprint density at radius 1 is 1.05 bits per heavy atom. The van der Waals surface area contributed by atoms with Crippen LogP contribution < -0.4 is 5.32 Å². The van der Waals surface area contributed by atoms with E-state index in [4.69, 9.17) is 0 Å². The summed E-state index contributed by atoms with van der Waals surface area (Å²) in [4.78, 5) is 23.8. The number of amides is 1. The van der Waals surface area contributed by atoms with Crippen LogP contribution >= 0.6 is 0 Å². The fourth-order valence-corrected chi connectivity index (χ4v) is 2.12. The van der Waals surface area contributed by atoms with E-state index in [-0.39, 0.29) is 11.7 Å². The van der Waals surface area contributed by atoms with E-state index in [9.17, 15) is 14.0 Å². The molecule has 21 heavy (non-hydrogen) atoms. The van der Waals surface area contributed by atoms with Gasteiger partial charge >= 0.3 is 0 Å². The van der Waals surface area contributed by atoms with Crippen LogP contribution in [0.5, 0.6) is 0 Å². The molecule has 0 fully saturated rings. The normalized spacial score (nSPS) is 11.7. The highest BCUT2D eigenvalue weighted by molar-refractivity contribution is 6.01. The van der Waals surface area contributed by atoms with Gasteiger partial charge in [0.1, 0.15) is 5.82 Å². The second kappa shape index (κ2) is 6.79. The van der Waals surface area contributed by atoms with Gasteiger partial charge in [0.25, 0.3) is 0 Å². The van der Waals surface area contributed by atoms with Crippen molar-refractivity contribution in [3.8, 4) is 0 Å². The van der Waals surface area contributed by atoms with E-state index < -0.39 is 11.9 Å². The zero-order valence-corrected chi connectivity index (χ0v) is 11.7. The summed E-state index contributed by atoms with van der Waals surface area (Å²) >= 11 is 0. The number of Topliss-reactive ketones (excluding diaryl/α,β-unsaturated/α-hetero) is 1. The van der Waals surface area contributed by atoms with Crippen molar-refractivity contribution in [2.75, 3.05) is 0 Å². The fraction of sp³-hybridized carbons (Fsp3) is 0.176. The molecule has 1 N–H and O–H groups in total. The van der Waals surface area contributed by atoms with Crippen molar-refractivity contribution in [2.24, 2.45) is 0 Å². The minimum absolute atomic E-state index is 0.228. The Morgan fingerprint density at radius 3 is 2.24 bits per heavy atom. The summed E-state index contributed by atoms with van der Waals surface area (Å²) in [7, 11) is 0. The first-order chi connectivity index (χ1) is 10.1. The number of ketones is 1. The van der Waals surface area contributed by atoms with Gasteiger partial charge in [-0.05, 0) is 29.8 Å². The highest BCUT2D eigenvalue weighted by Crippen LogP contribution is 2.11. The van der Waals surface area contributed by atoms with Crippen LogP contribution in [0.2, 0.25) is 0 Å². The average molecular weight is 285 g/mol. The molecule has 1 unspecified atom stereocenters. The quantitative estimate of drug-likeness (QED) is 0.859. The topological polar surface area (TPSA) is 46.2 Å². The summed E-state index contributed by atoms with van der Waals surface area (Å²) in [6, 6.07) is 14.1. The van der Waals surface area contributed by atoms with Crippen LogP contribution in [0.3, 0.4) is 0 Å². The van der Waals surface area contributed by atoms with Crippen molar-refractivity contribution in [3.05, 3.63) is 71.5 Å². The molecule has 108 valence electrons. The van der Waals surface area contributed by atoms with E-state index >= 15 is 0 Å². The molecule has 3 nitrogen and oxygen atoms in total. The number of rotatable bonds is 5. The van der Waals surface area contributed by atoms with Crippen molar-refractivity contribution in [2.45, 2.75) is 19.4 Å². The number of carbonyl (C=O) groups is 2. The standard InChI is InChI=1S/C17H16FNO2/c1-12(20)19-16(11-13-5-3-2-4-6-13)17(21)14-7-9-15(18)10-8-14/h2-10,16H,11H2,1H3,(H,19,20). The van der Waals surface area contributed by atoms with Crippen molar-refractivity contribution in [1.29, 1.82) is 0 Å². The Kier molecular flexibility index (Phi) is 4.82. The van der Waals surface area contributed by atoms with Crippen molar-refractivity contribution in [3.63, 3.8) is 0 Å². The van der Waals surface area contributed by atoms with Gasteiger partial charge in [0.2, 0.25) is 5.91 Å². The molecule has 0 bridgehead atoms. The minimum atomic E-state index is -0.657. The zero-order chi connectivity index (χ0) is 15.2. The Balaban J connectivity index is 2.20. The third kappa shape index (κ3) is 4.24. The molecular formula is C17H16FNO2. The highest BCUT2D eigenvalue weighted by Gasteiger charge is 2.21. The number of halogens is 1. The monoisotopic (exact) mass is 285 g/mol. The van der Waals surface area contributed by atoms with Crippen LogP contribution in [0.1, 0.15) is 22.8 Å². The van der Waals surface area contributed by atoms with Gasteiger partial charge in [0, 0.05) is 18.9 Å². The maximum absolute atomic E-state index is 12.9. The minimum Gasteiger partial charge on any atom is -0.346 e. The molecule has 0 radical (unpaired) electrons. The third-order valence-corrected chi connectivity index (χ3v) is 3.11. The van der Waals surface area contributed by atoms with Gasteiger partial charge in [0.15, 0.2) is 5.78 Å². The smallest absolute Gasteiger partial charge is 0.217 e. The maximum Gasteiger partial charge on any atom is 0.217 e. The van der Waals surface area contributed by atoms with Crippen molar-refractivity contribution < 1.29 is 14.0 Å². The predicted octanol–water partition coefficient (Wildman–Crippen LogP) is 2.76. The fourth-order valence-electron chi connectivity index (χ4n) is 2.12. The first-order valence-corrected chi connectivity index (χ1v) is 6.67. The number of nitrogens with one attached hydrogen (secondary N) is 1. The second-order valence-corrected chi connectivity index (χ2v) is 4.81. The Hall–Kier alpha value is -2.49. The molecule has 4 heteroatoms. The van der Waals surface area contributed by atoms with Gasteiger partial charge in [-0.1, -0.05) is 30.3 Å². The maximum atomic E-state index is 12.9. The van der Waals surface area contributed by atoms with Crippen LogP contribution in [0.25, 0.3) is 0 Å².